The normalized spacial score (nSPS) is 10.6. The Balaban J connectivity index is 1.51. The van der Waals surface area contributed by atoms with Gasteiger partial charge in [-0.3, -0.25) is 4.79 Å². The first-order chi connectivity index (χ1) is 13.6. The summed E-state index contributed by atoms with van der Waals surface area (Å²) in [5.74, 6) is 1.06. The zero-order chi connectivity index (χ0) is 19.8. The molecule has 3 rings (SSSR count). The van der Waals surface area contributed by atoms with Crippen LogP contribution in [-0.2, 0) is 22.5 Å². The van der Waals surface area contributed by atoms with E-state index in [1.165, 1.54) is 6.26 Å². The number of halogens is 1. The summed E-state index contributed by atoms with van der Waals surface area (Å²) in [6, 6.07) is 14.7. The lowest BCUT2D eigenvalue weighted by molar-refractivity contribution is -0.120. The SMILES string of the molecule is COCCOc1cccc(CNC(=O)Cc2coc(-c3ccc(Cl)cc3)n2)c1. The van der Waals surface area contributed by atoms with Crippen molar-refractivity contribution in [3.63, 3.8) is 0 Å². The second kappa shape index (κ2) is 9.92. The number of benzene rings is 2. The second-order valence-corrected chi connectivity index (χ2v) is 6.53. The molecular weight excluding hydrogens is 380 g/mol. The average molecular weight is 401 g/mol. The van der Waals surface area contributed by atoms with Gasteiger partial charge in [0.05, 0.1) is 18.7 Å². The Morgan fingerprint density at radius 2 is 2.00 bits per heavy atom. The van der Waals surface area contributed by atoms with Gasteiger partial charge >= 0.3 is 0 Å². The van der Waals surface area contributed by atoms with Crippen molar-refractivity contribution >= 4 is 17.5 Å². The van der Waals surface area contributed by atoms with E-state index in [1.54, 1.807) is 19.2 Å². The number of hydrogen-bond donors (Lipinski definition) is 1. The lowest BCUT2D eigenvalue weighted by atomic mass is 10.2. The number of carbonyl (C=O) groups is 1. The second-order valence-electron chi connectivity index (χ2n) is 6.09. The summed E-state index contributed by atoms with van der Waals surface area (Å²) in [6.07, 6.45) is 1.63. The van der Waals surface area contributed by atoms with Crippen LogP contribution >= 0.6 is 11.6 Å². The van der Waals surface area contributed by atoms with Gasteiger partial charge in [-0.05, 0) is 42.0 Å². The summed E-state index contributed by atoms with van der Waals surface area (Å²) in [6.45, 7) is 1.41. The number of nitrogens with one attached hydrogen (secondary N) is 1. The maximum atomic E-state index is 12.2. The van der Waals surface area contributed by atoms with Gasteiger partial charge in [-0.2, -0.15) is 0 Å². The summed E-state index contributed by atoms with van der Waals surface area (Å²) in [5, 5.41) is 3.52. The zero-order valence-electron chi connectivity index (χ0n) is 15.5. The zero-order valence-corrected chi connectivity index (χ0v) is 16.2. The lowest BCUT2D eigenvalue weighted by Gasteiger charge is -2.08. The fourth-order valence-electron chi connectivity index (χ4n) is 2.53. The van der Waals surface area contributed by atoms with Gasteiger partial charge < -0.3 is 19.2 Å². The topological polar surface area (TPSA) is 73.6 Å². The van der Waals surface area contributed by atoms with Crippen molar-refractivity contribution in [2.24, 2.45) is 0 Å². The maximum absolute atomic E-state index is 12.2. The Morgan fingerprint density at radius 1 is 1.18 bits per heavy atom. The molecule has 1 amide bonds. The number of nitrogens with zero attached hydrogens (tertiary/aromatic N) is 1. The molecule has 0 fully saturated rings. The molecule has 0 aliphatic heterocycles. The fraction of sp³-hybridized carbons (Fsp3) is 0.238. The van der Waals surface area contributed by atoms with Crippen molar-refractivity contribution in [2.75, 3.05) is 20.3 Å². The van der Waals surface area contributed by atoms with Crippen LogP contribution in [0, 0.1) is 0 Å². The fourth-order valence-corrected chi connectivity index (χ4v) is 2.65. The Bertz CT molecular complexity index is 909. The van der Waals surface area contributed by atoms with Gasteiger partial charge in [-0.1, -0.05) is 23.7 Å². The predicted molar refractivity (Wildman–Crippen MR) is 106 cm³/mol. The third kappa shape index (κ3) is 5.84. The first kappa shape index (κ1) is 19.9. The summed E-state index contributed by atoms with van der Waals surface area (Å²) in [5.41, 5.74) is 2.32. The van der Waals surface area contributed by atoms with Crippen LogP contribution < -0.4 is 10.1 Å². The van der Waals surface area contributed by atoms with Crippen LogP contribution in [0.4, 0.5) is 0 Å². The van der Waals surface area contributed by atoms with Crippen LogP contribution in [0.5, 0.6) is 5.75 Å². The molecule has 28 heavy (non-hydrogen) atoms. The molecule has 1 aromatic heterocycles. The van der Waals surface area contributed by atoms with Crippen LogP contribution in [0.15, 0.2) is 59.2 Å². The van der Waals surface area contributed by atoms with Crippen LogP contribution in [0.1, 0.15) is 11.3 Å². The monoisotopic (exact) mass is 400 g/mol. The molecular formula is C21H21ClN2O4. The molecule has 3 aromatic rings. The Hall–Kier alpha value is -2.83. The summed E-state index contributed by atoms with van der Waals surface area (Å²) in [4.78, 5) is 16.6. The first-order valence-corrected chi connectivity index (χ1v) is 9.19. The molecule has 1 N–H and O–H groups in total. The molecule has 0 aliphatic rings. The van der Waals surface area contributed by atoms with Crippen molar-refractivity contribution in [1.82, 2.24) is 10.3 Å². The van der Waals surface area contributed by atoms with E-state index in [0.717, 1.165) is 16.9 Å². The van der Waals surface area contributed by atoms with Crippen molar-refractivity contribution in [1.29, 1.82) is 0 Å². The number of oxazole rings is 1. The number of ether oxygens (including phenoxy) is 2. The smallest absolute Gasteiger partial charge is 0.226 e. The number of aromatic nitrogens is 1. The highest BCUT2D eigenvalue weighted by atomic mass is 35.5. The van der Waals surface area contributed by atoms with Crippen LogP contribution in [0.2, 0.25) is 5.02 Å². The molecule has 0 aliphatic carbocycles. The Labute approximate surface area is 168 Å². The molecule has 0 unspecified atom stereocenters. The summed E-state index contributed by atoms with van der Waals surface area (Å²) in [7, 11) is 1.63. The molecule has 1 heterocycles. The Morgan fingerprint density at radius 3 is 2.79 bits per heavy atom. The molecule has 6 nitrogen and oxygen atoms in total. The van der Waals surface area contributed by atoms with E-state index in [4.69, 9.17) is 25.5 Å². The highest BCUT2D eigenvalue weighted by Gasteiger charge is 2.10. The van der Waals surface area contributed by atoms with Gasteiger partial charge in [0.15, 0.2) is 0 Å². The van der Waals surface area contributed by atoms with E-state index < -0.39 is 0 Å². The molecule has 7 heteroatoms. The van der Waals surface area contributed by atoms with E-state index in [9.17, 15) is 4.79 Å². The minimum Gasteiger partial charge on any atom is -0.491 e. The quantitative estimate of drug-likeness (QED) is 0.552. The van der Waals surface area contributed by atoms with E-state index in [1.807, 2.05) is 36.4 Å². The maximum Gasteiger partial charge on any atom is 0.226 e. The van der Waals surface area contributed by atoms with E-state index in [2.05, 4.69) is 10.3 Å². The molecule has 0 saturated heterocycles. The first-order valence-electron chi connectivity index (χ1n) is 8.82. The number of rotatable bonds is 9. The lowest BCUT2D eigenvalue weighted by Crippen LogP contribution is -2.24. The standard InChI is InChI=1S/C21H21ClN2O4/c1-26-9-10-27-19-4-2-3-15(11-19)13-23-20(25)12-18-14-28-21(24-18)16-5-7-17(22)8-6-16/h2-8,11,14H,9-10,12-13H2,1H3,(H,23,25). The van der Waals surface area contributed by atoms with Crippen molar-refractivity contribution in [3.05, 3.63) is 71.1 Å². The van der Waals surface area contributed by atoms with Gasteiger partial charge in [-0.15, -0.1) is 0 Å². The number of methoxy groups -OCH3 is 1. The molecule has 0 radical (unpaired) electrons. The average Bonchev–Trinajstić information content (AvgIpc) is 3.16. The van der Waals surface area contributed by atoms with E-state index >= 15 is 0 Å². The van der Waals surface area contributed by atoms with Crippen molar-refractivity contribution < 1.29 is 18.7 Å². The van der Waals surface area contributed by atoms with Gasteiger partial charge in [0, 0.05) is 24.2 Å². The number of hydrogen-bond acceptors (Lipinski definition) is 5. The third-order valence-electron chi connectivity index (χ3n) is 3.93. The summed E-state index contributed by atoms with van der Waals surface area (Å²) >= 11 is 5.88. The van der Waals surface area contributed by atoms with Crippen LogP contribution in [0.25, 0.3) is 11.5 Å². The number of carbonyl (C=O) groups excluding carboxylic acids is 1. The predicted octanol–water partition coefficient (Wildman–Crippen LogP) is 3.88. The molecule has 0 spiro atoms. The van der Waals surface area contributed by atoms with Crippen molar-refractivity contribution in [3.8, 4) is 17.2 Å². The van der Waals surface area contributed by atoms with Gasteiger partial charge in [-0.25, -0.2) is 4.98 Å². The van der Waals surface area contributed by atoms with Crippen LogP contribution in [-0.4, -0.2) is 31.2 Å². The van der Waals surface area contributed by atoms with Gasteiger partial charge in [0.25, 0.3) is 0 Å². The van der Waals surface area contributed by atoms with Gasteiger partial charge in [0.2, 0.25) is 11.8 Å². The third-order valence-corrected chi connectivity index (χ3v) is 4.18. The van der Waals surface area contributed by atoms with E-state index in [0.29, 0.717) is 36.4 Å². The Kier molecular flexibility index (Phi) is 7.06. The molecule has 146 valence electrons. The number of amides is 1. The molecule has 0 saturated carbocycles. The van der Waals surface area contributed by atoms with Gasteiger partial charge in [0.1, 0.15) is 18.6 Å². The molecule has 0 atom stereocenters. The molecule has 0 bridgehead atoms. The van der Waals surface area contributed by atoms with E-state index in [-0.39, 0.29) is 12.3 Å². The summed E-state index contributed by atoms with van der Waals surface area (Å²) < 4.78 is 16.0. The highest BCUT2D eigenvalue weighted by Crippen LogP contribution is 2.21. The van der Waals surface area contributed by atoms with Crippen LogP contribution in [0.3, 0.4) is 0 Å². The van der Waals surface area contributed by atoms with Crippen molar-refractivity contribution in [2.45, 2.75) is 13.0 Å². The minimum absolute atomic E-state index is 0.137. The minimum atomic E-state index is -0.137. The molecule has 2 aromatic carbocycles. The largest absolute Gasteiger partial charge is 0.491 e. The highest BCUT2D eigenvalue weighted by molar-refractivity contribution is 6.30.